The average molecular weight is 285 g/mol. The summed E-state index contributed by atoms with van der Waals surface area (Å²) in [4.78, 5) is 0. The van der Waals surface area contributed by atoms with Crippen LogP contribution in [0.2, 0.25) is 0 Å². The number of methoxy groups -OCH3 is 1. The van der Waals surface area contributed by atoms with Crippen molar-refractivity contribution in [3.05, 3.63) is 0 Å². The molecule has 4 heteroatoms. The molecule has 2 rings (SSSR count). The standard InChI is InChI=1S/C16H31NO3/c1-3-17-15(8-4-6-14-7-5-11-20-14)16(18-2)9-12-19-13-10-16/h14-15,17H,3-13H2,1-2H3. The molecule has 2 aliphatic heterocycles. The SMILES string of the molecule is CCNC(CCCC1CCCO1)C1(OC)CCOCC1. The van der Waals surface area contributed by atoms with Crippen LogP contribution in [0.4, 0.5) is 0 Å². The van der Waals surface area contributed by atoms with E-state index in [9.17, 15) is 0 Å². The average Bonchev–Trinajstić information content (AvgIpc) is 3.00. The zero-order valence-electron chi connectivity index (χ0n) is 13.2. The van der Waals surface area contributed by atoms with Crippen LogP contribution in [0, 0.1) is 0 Å². The molecule has 1 N–H and O–H groups in total. The summed E-state index contributed by atoms with van der Waals surface area (Å²) in [6, 6.07) is 0.433. The Balaban J connectivity index is 1.83. The summed E-state index contributed by atoms with van der Waals surface area (Å²) in [7, 11) is 1.86. The van der Waals surface area contributed by atoms with Crippen LogP contribution in [-0.2, 0) is 14.2 Å². The summed E-state index contributed by atoms with van der Waals surface area (Å²) >= 11 is 0. The highest BCUT2D eigenvalue weighted by Gasteiger charge is 2.39. The minimum Gasteiger partial charge on any atom is -0.381 e. The molecule has 2 unspecified atom stereocenters. The molecule has 0 aliphatic carbocycles. The second-order valence-corrected chi connectivity index (χ2v) is 6.06. The van der Waals surface area contributed by atoms with Gasteiger partial charge in [0, 0.05) is 45.8 Å². The van der Waals surface area contributed by atoms with Gasteiger partial charge in [-0.15, -0.1) is 0 Å². The van der Waals surface area contributed by atoms with Gasteiger partial charge in [0.2, 0.25) is 0 Å². The van der Waals surface area contributed by atoms with Gasteiger partial charge >= 0.3 is 0 Å². The molecule has 118 valence electrons. The Morgan fingerprint density at radius 3 is 2.70 bits per heavy atom. The number of likely N-dealkylation sites (N-methyl/N-ethyl adjacent to an activating group) is 1. The number of rotatable bonds is 8. The smallest absolute Gasteiger partial charge is 0.0874 e. The van der Waals surface area contributed by atoms with Gasteiger partial charge in [-0.05, 0) is 38.6 Å². The molecule has 2 atom stereocenters. The Hall–Kier alpha value is -0.160. The molecule has 0 radical (unpaired) electrons. The van der Waals surface area contributed by atoms with Crippen LogP contribution >= 0.6 is 0 Å². The van der Waals surface area contributed by atoms with Gasteiger partial charge in [0.1, 0.15) is 0 Å². The molecule has 4 nitrogen and oxygen atoms in total. The molecule has 0 spiro atoms. The number of hydrogen-bond donors (Lipinski definition) is 1. The van der Waals surface area contributed by atoms with Crippen LogP contribution < -0.4 is 5.32 Å². The second kappa shape index (κ2) is 8.32. The molecule has 0 aromatic carbocycles. The van der Waals surface area contributed by atoms with Gasteiger partial charge in [-0.2, -0.15) is 0 Å². The van der Waals surface area contributed by atoms with E-state index in [0.29, 0.717) is 12.1 Å². The molecule has 2 heterocycles. The lowest BCUT2D eigenvalue weighted by atomic mass is 9.83. The van der Waals surface area contributed by atoms with Crippen molar-refractivity contribution in [3.8, 4) is 0 Å². The van der Waals surface area contributed by atoms with Crippen molar-refractivity contribution in [2.75, 3.05) is 33.5 Å². The molecule has 2 fully saturated rings. The zero-order chi connectivity index (χ0) is 14.3. The van der Waals surface area contributed by atoms with Crippen molar-refractivity contribution in [3.63, 3.8) is 0 Å². The van der Waals surface area contributed by atoms with Gasteiger partial charge in [0.05, 0.1) is 11.7 Å². The summed E-state index contributed by atoms with van der Waals surface area (Å²) in [5.74, 6) is 0. The first-order chi connectivity index (χ1) is 9.80. The quantitative estimate of drug-likeness (QED) is 0.744. The topological polar surface area (TPSA) is 39.7 Å². The lowest BCUT2D eigenvalue weighted by molar-refractivity contribution is -0.112. The Bertz CT molecular complexity index is 260. The van der Waals surface area contributed by atoms with E-state index < -0.39 is 0 Å². The van der Waals surface area contributed by atoms with E-state index in [-0.39, 0.29) is 5.60 Å². The normalized spacial score (nSPS) is 27.6. The summed E-state index contributed by atoms with van der Waals surface area (Å²) < 4.78 is 17.2. The maximum Gasteiger partial charge on any atom is 0.0874 e. The van der Waals surface area contributed by atoms with Gasteiger partial charge in [-0.1, -0.05) is 6.92 Å². The lowest BCUT2D eigenvalue weighted by Crippen LogP contribution is -2.55. The van der Waals surface area contributed by atoms with E-state index in [1.807, 2.05) is 7.11 Å². The van der Waals surface area contributed by atoms with Crippen molar-refractivity contribution in [1.82, 2.24) is 5.32 Å². The highest BCUT2D eigenvalue weighted by molar-refractivity contribution is 4.94. The Morgan fingerprint density at radius 1 is 1.30 bits per heavy atom. The molecule has 0 bridgehead atoms. The third-order valence-corrected chi connectivity index (χ3v) is 4.87. The highest BCUT2D eigenvalue weighted by atomic mass is 16.5. The van der Waals surface area contributed by atoms with Crippen molar-refractivity contribution in [1.29, 1.82) is 0 Å². The molecule has 2 aliphatic rings. The van der Waals surface area contributed by atoms with Gasteiger partial charge in [0.25, 0.3) is 0 Å². The molecule has 0 aromatic rings. The number of hydrogen-bond acceptors (Lipinski definition) is 4. The number of nitrogens with one attached hydrogen (secondary N) is 1. The fourth-order valence-corrected chi connectivity index (χ4v) is 3.63. The summed E-state index contributed by atoms with van der Waals surface area (Å²) in [5, 5.41) is 3.65. The summed E-state index contributed by atoms with van der Waals surface area (Å²) in [6.45, 7) is 5.77. The first kappa shape index (κ1) is 16.2. The third-order valence-electron chi connectivity index (χ3n) is 4.87. The molecular formula is C16H31NO3. The zero-order valence-corrected chi connectivity index (χ0v) is 13.2. The van der Waals surface area contributed by atoms with Crippen molar-refractivity contribution in [2.45, 2.75) is 69.6 Å². The van der Waals surface area contributed by atoms with Crippen LogP contribution in [0.15, 0.2) is 0 Å². The van der Waals surface area contributed by atoms with Gasteiger partial charge in [0.15, 0.2) is 0 Å². The monoisotopic (exact) mass is 285 g/mol. The maximum atomic E-state index is 5.94. The first-order valence-electron chi connectivity index (χ1n) is 8.28. The van der Waals surface area contributed by atoms with E-state index >= 15 is 0 Å². The fourth-order valence-electron chi connectivity index (χ4n) is 3.63. The molecule has 20 heavy (non-hydrogen) atoms. The largest absolute Gasteiger partial charge is 0.381 e. The van der Waals surface area contributed by atoms with Gasteiger partial charge in [-0.25, -0.2) is 0 Å². The van der Waals surface area contributed by atoms with E-state index in [4.69, 9.17) is 14.2 Å². The van der Waals surface area contributed by atoms with Crippen LogP contribution in [0.3, 0.4) is 0 Å². The summed E-state index contributed by atoms with van der Waals surface area (Å²) in [6.07, 6.45) is 8.57. The third kappa shape index (κ3) is 4.17. The molecular weight excluding hydrogens is 254 g/mol. The number of ether oxygens (including phenoxy) is 3. The Kier molecular flexibility index (Phi) is 6.75. The lowest BCUT2D eigenvalue weighted by Gasteiger charge is -2.43. The van der Waals surface area contributed by atoms with Crippen molar-refractivity contribution >= 4 is 0 Å². The van der Waals surface area contributed by atoms with Gasteiger partial charge in [-0.3, -0.25) is 0 Å². The predicted octanol–water partition coefficient (Wildman–Crippen LogP) is 2.51. The maximum absolute atomic E-state index is 5.94. The van der Waals surface area contributed by atoms with E-state index in [0.717, 1.165) is 39.2 Å². The van der Waals surface area contributed by atoms with E-state index in [2.05, 4.69) is 12.2 Å². The first-order valence-corrected chi connectivity index (χ1v) is 8.28. The van der Waals surface area contributed by atoms with Crippen LogP contribution in [0.25, 0.3) is 0 Å². The van der Waals surface area contributed by atoms with Crippen LogP contribution in [0.5, 0.6) is 0 Å². The van der Waals surface area contributed by atoms with E-state index in [1.54, 1.807) is 0 Å². The summed E-state index contributed by atoms with van der Waals surface area (Å²) in [5.41, 5.74) is -0.0369. The molecule has 0 amide bonds. The fraction of sp³-hybridized carbons (Fsp3) is 1.00. The second-order valence-electron chi connectivity index (χ2n) is 6.06. The highest BCUT2D eigenvalue weighted by Crippen LogP contribution is 2.31. The molecule has 0 aromatic heterocycles. The van der Waals surface area contributed by atoms with Crippen molar-refractivity contribution < 1.29 is 14.2 Å². The Morgan fingerprint density at radius 2 is 2.10 bits per heavy atom. The molecule has 2 saturated heterocycles. The molecule has 0 saturated carbocycles. The minimum absolute atomic E-state index is 0.0369. The van der Waals surface area contributed by atoms with Crippen LogP contribution in [0.1, 0.15) is 51.9 Å². The van der Waals surface area contributed by atoms with Crippen LogP contribution in [-0.4, -0.2) is 51.2 Å². The van der Waals surface area contributed by atoms with E-state index in [1.165, 1.54) is 32.1 Å². The van der Waals surface area contributed by atoms with Crippen molar-refractivity contribution in [2.24, 2.45) is 0 Å². The van der Waals surface area contributed by atoms with Gasteiger partial charge < -0.3 is 19.5 Å². The Labute approximate surface area is 123 Å². The minimum atomic E-state index is -0.0369. The predicted molar refractivity (Wildman–Crippen MR) is 80.1 cm³/mol.